The number of allylic oxidation sites excluding steroid dienone is 1. The summed E-state index contributed by atoms with van der Waals surface area (Å²) in [4.78, 5) is 8.07. The first-order chi connectivity index (χ1) is 4.88. The summed E-state index contributed by atoms with van der Waals surface area (Å²) in [7, 11) is 0. The summed E-state index contributed by atoms with van der Waals surface area (Å²) < 4.78 is 0. The van der Waals surface area contributed by atoms with Gasteiger partial charge in [-0.1, -0.05) is 6.08 Å². The summed E-state index contributed by atoms with van der Waals surface area (Å²) in [5.74, 6) is 0.753. The van der Waals surface area contributed by atoms with Gasteiger partial charge in [-0.3, -0.25) is 0 Å². The minimum absolute atomic E-state index is 0.729. The van der Waals surface area contributed by atoms with Gasteiger partial charge in [0.2, 0.25) is 0 Å². The minimum atomic E-state index is 0.729. The first-order valence-electron chi connectivity index (χ1n) is 3.15. The Hall–Kier alpha value is -1.38. The van der Waals surface area contributed by atoms with Crippen molar-refractivity contribution >= 4 is 12.1 Å². The van der Waals surface area contributed by atoms with Crippen LogP contribution in [0.1, 0.15) is 6.42 Å². The molecule has 3 nitrogen and oxygen atoms in total. The fraction of sp³-hybridized carbons (Fsp3) is 0.143. The summed E-state index contributed by atoms with van der Waals surface area (Å²) in [6.45, 7) is 0. The second-order valence-electron chi connectivity index (χ2n) is 2.20. The maximum Gasteiger partial charge on any atom is 0.160 e. The fourth-order valence-electron chi connectivity index (χ4n) is 1.02. The first kappa shape index (κ1) is 5.41. The first-order valence-corrected chi connectivity index (χ1v) is 3.15. The quantitative estimate of drug-likeness (QED) is 0.516. The summed E-state index contributed by atoms with van der Waals surface area (Å²) in [6.07, 6.45) is 6.37. The number of nitrogens with two attached hydrogens (primary N) is 1. The van der Waals surface area contributed by atoms with E-state index in [1.54, 1.807) is 6.20 Å². The molecule has 0 radical (unpaired) electrons. The molecule has 2 heterocycles. The smallest absolute Gasteiger partial charge is 0.160 e. The lowest BCUT2D eigenvalue weighted by atomic mass is 10.1. The molecule has 50 valence electrons. The van der Waals surface area contributed by atoms with E-state index < -0.39 is 0 Å². The topological polar surface area (TPSA) is 50.7 Å². The molecule has 0 aromatic rings. The molecule has 2 rings (SSSR count). The SMILES string of the molecule is NC1=CN=C2N=CCC=C12. The van der Waals surface area contributed by atoms with Crippen molar-refractivity contribution in [1.29, 1.82) is 0 Å². The lowest BCUT2D eigenvalue weighted by Gasteiger charge is -2.02. The fourth-order valence-corrected chi connectivity index (χ4v) is 1.02. The number of hydrogen-bond acceptors (Lipinski definition) is 3. The molecule has 0 bridgehead atoms. The Kier molecular flexibility index (Phi) is 0.974. The van der Waals surface area contributed by atoms with Gasteiger partial charge in [0, 0.05) is 18.2 Å². The maximum atomic E-state index is 5.59. The molecule has 0 fully saturated rings. The average Bonchev–Trinajstić information content (AvgIpc) is 2.34. The summed E-state index contributed by atoms with van der Waals surface area (Å²) >= 11 is 0. The average molecular weight is 133 g/mol. The molecule has 3 heteroatoms. The van der Waals surface area contributed by atoms with Crippen molar-refractivity contribution in [2.24, 2.45) is 15.7 Å². The van der Waals surface area contributed by atoms with Gasteiger partial charge in [-0.15, -0.1) is 0 Å². The highest BCUT2D eigenvalue weighted by Gasteiger charge is 2.14. The lowest BCUT2D eigenvalue weighted by molar-refractivity contribution is 1.33. The Morgan fingerprint density at radius 3 is 3.20 bits per heavy atom. The summed E-state index contributed by atoms with van der Waals surface area (Å²) in [5.41, 5.74) is 7.31. The highest BCUT2D eigenvalue weighted by atomic mass is 14.9. The number of dihydropyridines is 1. The van der Waals surface area contributed by atoms with E-state index in [-0.39, 0.29) is 0 Å². The molecule has 0 amide bonds. The van der Waals surface area contributed by atoms with E-state index in [4.69, 9.17) is 5.73 Å². The second kappa shape index (κ2) is 1.80. The second-order valence-corrected chi connectivity index (χ2v) is 2.20. The zero-order valence-electron chi connectivity index (χ0n) is 5.41. The van der Waals surface area contributed by atoms with E-state index in [2.05, 4.69) is 9.98 Å². The van der Waals surface area contributed by atoms with E-state index in [0.717, 1.165) is 23.5 Å². The molecule has 2 aliphatic heterocycles. The van der Waals surface area contributed by atoms with Gasteiger partial charge in [0.1, 0.15) is 0 Å². The van der Waals surface area contributed by atoms with Crippen LogP contribution in [0.25, 0.3) is 0 Å². The number of rotatable bonds is 0. The Balaban J connectivity index is 2.45. The van der Waals surface area contributed by atoms with E-state index in [1.165, 1.54) is 0 Å². The van der Waals surface area contributed by atoms with Crippen molar-refractivity contribution in [2.75, 3.05) is 0 Å². The molecule has 0 aromatic heterocycles. The van der Waals surface area contributed by atoms with E-state index in [0.29, 0.717) is 0 Å². The van der Waals surface area contributed by atoms with Crippen LogP contribution < -0.4 is 5.73 Å². The van der Waals surface area contributed by atoms with Gasteiger partial charge in [0.25, 0.3) is 0 Å². The van der Waals surface area contributed by atoms with Gasteiger partial charge >= 0.3 is 0 Å². The van der Waals surface area contributed by atoms with E-state index in [9.17, 15) is 0 Å². The van der Waals surface area contributed by atoms with Gasteiger partial charge in [-0.05, 0) is 0 Å². The molecule has 0 saturated heterocycles. The number of nitrogens with zero attached hydrogens (tertiary/aromatic N) is 2. The third-order valence-corrected chi connectivity index (χ3v) is 1.52. The molecule has 2 N–H and O–H groups in total. The third-order valence-electron chi connectivity index (χ3n) is 1.52. The van der Waals surface area contributed by atoms with Crippen LogP contribution in [0, 0.1) is 0 Å². The van der Waals surface area contributed by atoms with Crippen LogP contribution in [-0.4, -0.2) is 12.1 Å². The molecular weight excluding hydrogens is 126 g/mol. The Morgan fingerprint density at radius 2 is 2.40 bits per heavy atom. The molecule has 0 atom stereocenters. The van der Waals surface area contributed by atoms with Gasteiger partial charge in [-0.2, -0.15) is 0 Å². The molecule has 0 unspecified atom stereocenters. The highest BCUT2D eigenvalue weighted by molar-refractivity contribution is 6.09. The molecule has 0 aliphatic carbocycles. The Bertz CT molecular complexity index is 281. The van der Waals surface area contributed by atoms with Gasteiger partial charge in [-0.25, -0.2) is 9.98 Å². The third kappa shape index (κ3) is 0.603. The minimum Gasteiger partial charge on any atom is -0.397 e. The maximum absolute atomic E-state index is 5.59. The van der Waals surface area contributed by atoms with Crippen molar-refractivity contribution in [2.45, 2.75) is 6.42 Å². The zero-order chi connectivity index (χ0) is 6.97. The normalized spacial score (nSPS) is 21.4. The van der Waals surface area contributed by atoms with Crippen molar-refractivity contribution in [1.82, 2.24) is 0 Å². The van der Waals surface area contributed by atoms with Crippen molar-refractivity contribution < 1.29 is 0 Å². The number of fused-ring (bicyclic) bond motifs is 1. The number of aliphatic imine (C=N–C) groups is 2. The highest BCUT2D eigenvalue weighted by Crippen LogP contribution is 2.17. The van der Waals surface area contributed by atoms with E-state index >= 15 is 0 Å². The summed E-state index contributed by atoms with van der Waals surface area (Å²) in [5, 5.41) is 0. The molecule has 0 aromatic carbocycles. The van der Waals surface area contributed by atoms with Gasteiger partial charge in [0.15, 0.2) is 5.84 Å². The molecule has 0 spiro atoms. The summed E-state index contributed by atoms with van der Waals surface area (Å²) in [6, 6.07) is 0. The van der Waals surface area contributed by atoms with Crippen LogP contribution >= 0.6 is 0 Å². The largest absolute Gasteiger partial charge is 0.397 e. The zero-order valence-corrected chi connectivity index (χ0v) is 5.41. The van der Waals surface area contributed by atoms with Crippen LogP contribution in [0.3, 0.4) is 0 Å². The van der Waals surface area contributed by atoms with Crippen LogP contribution in [0.2, 0.25) is 0 Å². The van der Waals surface area contributed by atoms with Gasteiger partial charge in [0.05, 0.1) is 11.9 Å². The van der Waals surface area contributed by atoms with Crippen molar-refractivity contribution in [3.8, 4) is 0 Å². The predicted octanol–water partition coefficient (Wildman–Crippen LogP) is 0.600. The van der Waals surface area contributed by atoms with E-state index in [1.807, 2.05) is 12.3 Å². The lowest BCUT2D eigenvalue weighted by Crippen LogP contribution is -2.07. The van der Waals surface area contributed by atoms with Gasteiger partial charge < -0.3 is 5.73 Å². The number of hydrogen-bond donors (Lipinski definition) is 1. The van der Waals surface area contributed by atoms with Crippen LogP contribution in [0.5, 0.6) is 0 Å². The molecule has 10 heavy (non-hydrogen) atoms. The molecule has 2 aliphatic rings. The van der Waals surface area contributed by atoms with Crippen LogP contribution in [0.4, 0.5) is 0 Å². The van der Waals surface area contributed by atoms with Crippen molar-refractivity contribution in [3.05, 3.63) is 23.5 Å². The van der Waals surface area contributed by atoms with Crippen LogP contribution in [-0.2, 0) is 0 Å². The van der Waals surface area contributed by atoms with Crippen LogP contribution in [0.15, 0.2) is 33.5 Å². The monoisotopic (exact) mass is 133 g/mol. The molecule has 0 saturated carbocycles. The predicted molar refractivity (Wildman–Crippen MR) is 40.9 cm³/mol. The molecular formula is C7H7N3. The number of amidine groups is 1. The van der Waals surface area contributed by atoms with Crippen molar-refractivity contribution in [3.63, 3.8) is 0 Å². The Labute approximate surface area is 58.7 Å². The standard InChI is InChI=1S/C7H7N3/c8-6-4-10-7-5(6)2-1-3-9-7/h2-4H,1,8H2. The Morgan fingerprint density at radius 1 is 1.50 bits per heavy atom.